The summed E-state index contributed by atoms with van der Waals surface area (Å²) in [5.41, 5.74) is 0.687. The molecule has 0 spiro atoms. The number of anilines is 1. The molecule has 1 N–H and O–H groups in total. The number of nitrogens with zero attached hydrogens (tertiary/aromatic N) is 3. The smallest absolute Gasteiger partial charge is 0.256 e. The Kier molecular flexibility index (Phi) is 2.70. The van der Waals surface area contributed by atoms with E-state index in [4.69, 9.17) is 0 Å². The van der Waals surface area contributed by atoms with Crippen molar-refractivity contribution in [3.63, 3.8) is 0 Å². The highest BCUT2D eigenvalue weighted by molar-refractivity contribution is 6.01. The second-order valence-electron chi connectivity index (χ2n) is 5.15. The number of aromatic nitrogens is 1. The molecule has 3 rings (SSSR count). The zero-order chi connectivity index (χ0) is 12.7. The molecule has 18 heavy (non-hydrogen) atoms. The molecule has 0 radical (unpaired) electrons. The lowest BCUT2D eigenvalue weighted by molar-refractivity contribution is 0.0878. The molecule has 1 aromatic heterocycles. The van der Waals surface area contributed by atoms with Crippen molar-refractivity contribution in [2.75, 3.05) is 24.5 Å². The number of carbonyl (C=O) groups excluding carboxylic acids is 1. The molecule has 1 saturated heterocycles. The van der Waals surface area contributed by atoms with Crippen molar-refractivity contribution < 1.29 is 4.79 Å². The summed E-state index contributed by atoms with van der Waals surface area (Å²) in [6.07, 6.45) is 1.81. The van der Waals surface area contributed by atoms with Crippen LogP contribution in [0.15, 0.2) is 18.3 Å². The van der Waals surface area contributed by atoms with Gasteiger partial charge in [-0.05, 0) is 26.0 Å². The van der Waals surface area contributed by atoms with Crippen LogP contribution >= 0.6 is 0 Å². The Balaban J connectivity index is 1.90. The Morgan fingerprint density at radius 2 is 2.28 bits per heavy atom. The third-order valence-electron chi connectivity index (χ3n) is 3.74. The average molecular weight is 246 g/mol. The second kappa shape index (κ2) is 4.24. The maximum absolute atomic E-state index is 12.0. The topological polar surface area (TPSA) is 48.5 Å². The number of hydrogen-bond donors (Lipinski definition) is 1. The molecule has 2 aliphatic heterocycles. The van der Waals surface area contributed by atoms with Gasteiger partial charge in [0, 0.05) is 31.9 Å². The second-order valence-corrected chi connectivity index (χ2v) is 5.15. The highest BCUT2D eigenvalue weighted by atomic mass is 16.2. The van der Waals surface area contributed by atoms with Gasteiger partial charge in [0.05, 0.1) is 5.56 Å². The van der Waals surface area contributed by atoms with Crippen molar-refractivity contribution >= 4 is 11.7 Å². The first-order chi connectivity index (χ1) is 8.66. The molecule has 0 saturated carbocycles. The van der Waals surface area contributed by atoms with Crippen molar-refractivity contribution in [3.8, 4) is 0 Å². The SMILES string of the molecule is CC(C)N1CCN2c3ncccc3C(=O)NC2C1. The average Bonchev–Trinajstić information content (AvgIpc) is 2.38. The molecule has 5 nitrogen and oxygen atoms in total. The number of rotatable bonds is 1. The molecular weight excluding hydrogens is 228 g/mol. The lowest BCUT2D eigenvalue weighted by atomic mass is 10.1. The Labute approximate surface area is 107 Å². The van der Waals surface area contributed by atoms with Gasteiger partial charge in [-0.2, -0.15) is 0 Å². The van der Waals surface area contributed by atoms with Crippen molar-refractivity contribution in [2.45, 2.75) is 26.1 Å². The summed E-state index contributed by atoms with van der Waals surface area (Å²) in [6.45, 7) is 7.16. The molecule has 1 fully saturated rings. The van der Waals surface area contributed by atoms with Crippen molar-refractivity contribution in [3.05, 3.63) is 23.9 Å². The molecule has 0 aromatic carbocycles. The van der Waals surface area contributed by atoms with E-state index >= 15 is 0 Å². The van der Waals surface area contributed by atoms with Crippen molar-refractivity contribution in [2.24, 2.45) is 0 Å². The van der Waals surface area contributed by atoms with E-state index in [1.54, 1.807) is 6.20 Å². The summed E-state index contributed by atoms with van der Waals surface area (Å²) in [6, 6.07) is 4.15. The third-order valence-corrected chi connectivity index (χ3v) is 3.74. The van der Waals surface area contributed by atoms with Crippen LogP contribution in [0.2, 0.25) is 0 Å². The Bertz CT molecular complexity index is 474. The first-order valence-electron chi connectivity index (χ1n) is 6.43. The van der Waals surface area contributed by atoms with Crippen LogP contribution in [0.3, 0.4) is 0 Å². The van der Waals surface area contributed by atoms with Crippen LogP contribution in [0.1, 0.15) is 24.2 Å². The lowest BCUT2D eigenvalue weighted by Crippen LogP contribution is -2.64. The molecule has 1 atom stereocenters. The van der Waals surface area contributed by atoms with Gasteiger partial charge < -0.3 is 10.2 Å². The van der Waals surface area contributed by atoms with Crippen LogP contribution in [0.5, 0.6) is 0 Å². The van der Waals surface area contributed by atoms with Gasteiger partial charge in [-0.15, -0.1) is 0 Å². The number of piperazine rings is 1. The van der Waals surface area contributed by atoms with Crippen LogP contribution in [0.4, 0.5) is 5.82 Å². The molecular formula is C13H18N4O. The Hall–Kier alpha value is -1.62. The van der Waals surface area contributed by atoms with Gasteiger partial charge >= 0.3 is 0 Å². The maximum atomic E-state index is 12.0. The van der Waals surface area contributed by atoms with E-state index in [1.807, 2.05) is 12.1 Å². The molecule has 1 unspecified atom stereocenters. The molecule has 2 aliphatic rings. The molecule has 5 heteroatoms. The van der Waals surface area contributed by atoms with Crippen LogP contribution in [-0.4, -0.2) is 47.6 Å². The summed E-state index contributed by atoms with van der Waals surface area (Å²) >= 11 is 0. The third kappa shape index (κ3) is 1.75. The van der Waals surface area contributed by atoms with E-state index < -0.39 is 0 Å². The fourth-order valence-corrected chi connectivity index (χ4v) is 2.68. The fraction of sp³-hybridized carbons (Fsp3) is 0.538. The minimum Gasteiger partial charge on any atom is -0.333 e. The number of fused-ring (bicyclic) bond motifs is 3. The van der Waals surface area contributed by atoms with Gasteiger partial charge in [0.2, 0.25) is 0 Å². The van der Waals surface area contributed by atoms with Gasteiger partial charge in [-0.25, -0.2) is 4.98 Å². The summed E-state index contributed by atoms with van der Waals surface area (Å²) in [5.74, 6) is 0.819. The molecule has 1 aromatic rings. The normalized spacial score (nSPS) is 23.6. The minimum absolute atomic E-state index is 0.00930. The Morgan fingerprint density at radius 3 is 3.06 bits per heavy atom. The molecule has 0 bridgehead atoms. The first-order valence-corrected chi connectivity index (χ1v) is 6.43. The van der Waals surface area contributed by atoms with E-state index in [0.717, 1.165) is 25.5 Å². The van der Waals surface area contributed by atoms with Crippen LogP contribution < -0.4 is 10.2 Å². The monoisotopic (exact) mass is 246 g/mol. The predicted molar refractivity (Wildman–Crippen MR) is 69.5 cm³/mol. The summed E-state index contributed by atoms with van der Waals surface area (Å²) < 4.78 is 0. The summed E-state index contributed by atoms with van der Waals surface area (Å²) in [4.78, 5) is 21.0. The van der Waals surface area contributed by atoms with Gasteiger partial charge in [-0.1, -0.05) is 0 Å². The van der Waals surface area contributed by atoms with Gasteiger partial charge in [0.15, 0.2) is 0 Å². The van der Waals surface area contributed by atoms with Crippen LogP contribution in [0.25, 0.3) is 0 Å². The highest BCUT2D eigenvalue weighted by Gasteiger charge is 2.36. The number of nitrogens with one attached hydrogen (secondary N) is 1. The zero-order valence-electron chi connectivity index (χ0n) is 10.8. The van der Waals surface area contributed by atoms with Crippen molar-refractivity contribution in [1.82, 2.24) is 15.2 Å². The number of pyridine rings is 1. The van der Waals surface area contributed by atoms with E-state index in [1.165, 1.54) is 0 Å². The largest absolute Gasteiger partial charge is 0.333 e. The van der Waals surface area contributed by atoms with E-state index in [2.05, 4.69) is 33.9 Å². The quantitative estimate of drug-likeness (QED) is 0.791. The van der Waals surface area contributed by atoms with Gasteiger partial charge in [-0.3, -0.25) is 9.69 Å². The van der Waals surface area contributed by atoms with Gasteiger partial charge in [0.25, 0.3) is 5.91 Å². The van der Waals surface area contributed by atoms with E-state index in [-0.39, 0.29) is 12.1 Å². The van der Waals surface area contributed by atoms with Crippen LogP contribution in [-0.2, 0) is 0 Å². The molecule has 1 amide bonds. The fourth-order valence-electron chi connectivity index (χ4n) is 2.68. The predicted octanol–water partition coefficient (Wildman–Crippen LogP) is 0.681. The molecule has 96 valence electrons. The highest BCUT2D eigenvalue weighted by Crippen LogP contribution is 2.26. The number of carbonyl (C=O) groups is 1. The standard InChI is InChI=1S/C13H18N4O/c1-9(2)16-6-7-17-11(8-16)15-13(18)10-4-3-5-14-12(10)17/h3-5,9,11H,6-8H2,1-2H3,(H,15,18). The first kappa shape index (κ1) is 11.5. The number of amides is 1. The maximum Gasteiger partial charge on any atom is 0.256 e. The lowest BCUT2D eigenvalue weighted by Gasteiger charge is -2.46. The Morgan fingerprint density at radius 1 is 1.44 bits per heavy atom. The zero-order valence-corrected chi connectivity index (χ0v) is 10.8. The summed E-state index contributed by atoms with van der Waals surface area (Å²) in [5, 5.41) is 3.06. The molecule has 3 heterocycles. The minimum atomic E-state index is -0.00930. The number of hydrogen-bond acceptors (Lipinski definition) is 4. The van der Waals surface area contributed by atoms with Crippen molar-refractivity contribution in [1.29, 1.82) is 0 Å². The molecule has 0 aliphatic carbocycles. The summed E-state index contributed by atoms with van der Waals surface area (Å²) in [7, 11) is 0. The van der Waals surface area contributed by atoms with E-state index in [0.29, 0.717) is 11.6 Å². The van der Waals surface area contributed by atoms with Gasteiger partial charge in [0.1, 0.15) is 12.0 Å². The van der Waals surface area contributed by atoms with E-state index in [9.17, 15) is 4.79 Å². The van der Waals surface area contributed by atoms with Crippen LogP contribution in [0, 0.1) is 0 Å².